The minimum Gasteiger partial charge on any atom is -0.456 e. The van der Waals surface area contributed by atoms with Crippen LogP contribution < -0.4 is 9.80 Å². The number of hydrogen-bond donors (Lipinski definition) is 0. The molecule has 0 radical (unpaired) electrons. The number of benzene rings is 21. The zero-order valence-electron chi connectivity index (χ0n) is 72.1. The second-order valence-electron chi connectivity index (χ2n) is 34.1. The molecule has 0 amide bonds. The first-order valence-corrected chi connectivity index (χ1v) is 45.3. The van der Waals surface area contributed by atoms with Crippen LogP contribution in [0.25, 0.3) is 205 Å². The molecule has 0 fully saturated rings. The van der Waals surface area contributed by atoms with Crippen molar-refractivity contribution in [3.05, 3.63) is 504 Å². The Morgan fingerprint density at radius 2 is 0.523 bits per heavy atom. The molecule has 0 N–H and O–H groups in total. The van der Waals surface area contributed by atoms with Gasteiger partial charge in [0.1, 0.15) is 11.2 Å². The van der Waals surface area contributed by atoms with Crippen LogP contribution in [0.15, 0.2) is 508 Å². The van der Waals surface area contributed by atoms with E-state index in [2.05, 4.69) is 521 Å². The number of aromatic nitrogens is 3. The van der Waals surface area contributed by atoms with Crippen molar-refractivity contribution < 1.29 is 4.42 Å². The van der Waals surface area contributed by atoms with Crippen molar-refractivity contribution in [2.24, 2.45) is 0 Å². The summed E-state index contributed by atoms with van der Waals surface area (Å²) in [6.07, 6.45) is 0. The summed E-state index contributed by atoms with van der Waals surface area (Å²) >= 11 is 0. The fourth-order valence-electron chi connectivity index (χ4n) is 20.8. The van der Waals surface area contributed by atoms with Crippen molar-refractivity contribution in [3.63, 3.8) is 0 Å². The molecule has 6 nitrogen and oxygen atoms in total. The van der Waals surface area contributed by atoms with E-state index in [1.807, 2.05) is 6.07 Å². The van der Waals surface area contributed by atoms with Gasteiger partial charge in [-0.15, -0.1) is 0 Å². The monoisotopic (exact) mass is 1680 g/mol. The van der Waals surface area contributed by atoms with Crippen molar-refractivity contribution in [1.82, 2.24) is 13.7 Å². The first-order chi connectivity index (χ1) is 65.5. The largest absolute Gasteiger partial charge is 0.456 e. The SMILES string of the molecule is c1ccc(-c2ccccc2-c2c(-c3ccccc3)cccc2N(c2ccc(-c3cc(-c4ccc(-n5c6ccccc6c6cc(N(c7ccc(-c8cccc9c%10ccccc%10n(-c%10ccccc%10)c89)cc7)c7cccc(-c8ccccc8)c7-c7ccccc7-c7ccccc7)ccc65)cc4)cc4c3c3ccccc3n4-c3ccccc3)cc2)c2ccc3c(c2)oc2ccccc23)cc1. The number of anilines is 6. The van der Waals surface area contributed by atoms with Crippen molar-refractivity contribution in [3.8, 4) is 117 Å². The number of nitrogens with zero attached hydrogens (tertiary/aromatic N) is 5. The molecular formula is C126H83N5O. The molecule has 0 unspecified atom stereocenters. The fourth-order valence-corrected chi connectivity index (χ4v) is 20.8. The average Bonchev–Trinajstić information content (AvgIpc) is 1.51. The molecule has 4 aromatic heterocycles. The second-order valence-corrected chi connectivity index (χ2v) is 34.1. The van der Waals surface area contributed by atoms with Gasteiger partial charge in [0.2, 0.25) is 0 Å². The molecule has 132 heavy (non-hydrogen) atoms. The summed E-state index contributed by atoms with van der Waals surface area (Å²) in [6, 6.07) is 185. The number of fused-ring (bicyclic) bond motifs is 12. The Labute approximate surface area is 764 Å². The highest BCUT2D eigenvalue weighted by Crippen LogP contribution is 2.54. The lowest BCUT2D eigenvalue weighted by molar-refractivity contribution is 0.669. The zero-order chi connectivity index (χ0) is 87.1. The number of para-hydroxylation sites is 7. The van der Waals surface area contributed by atoms with Crippen molar-refractivity contribution in [2.45, 2.75) is 0 Å². The van der Waals surface area contributed by atoms with E-state index >= 15 is 0 Å². The highest BCUT2D eigenvalue weighted by Gasteiger charge is 2.29. The van der Waals surface area contributed by atoms with E-state index in [0.717, 1.165) is 206 Å². The molecule has 21 aromatic carbocycles. The van der Waals surface area contributed by atoms with Crippen molar-refractivity contribution in [1.29, 1.82) is 0 Å². The molecule has 0 aliphatic heterocycles. The van der Waals surface area contributed by atoms with E-state index in [0.29, 0.717) is 0 Å². The van der Waals surface area contributed by atoms with Crippen LogP contribution in [0, 0.1) is 0 Å². The molecule has 618 valence electrons. The third-order valence-electron chi connectivity index (χ3n) is 26.7. The summed E-state index contributed by atoms with van der Waals surface area (Å²) in [5.74, 6) is 0. The molecule has 0 atom stereocenters. The lowest BCUT2D eigenvalue weighted by Gasteiger charge is -2.30. The van der Waals surface area contributed by atoms with E-state index in [-0.39, 0.29) is 0 Å². The number of furan rings is 1. The summed E-state index contributed by atoms with van der Waals surface area (Å²) < 4.78 is 14.1. The van der Waals surface area contributed by atoms with E-state index in [9.17, 15) is 0 Å². The lowest BCUT2D eigenvalue weighted by atomic mass is 9.87. The van der Waals surface area contributed by atoms with Gasteiger partial charge in [0.15, 0.2) is 0 Å². The summed E-state index contributed by atoms with van der Waals surface area (Å²) in [4.78, 5) is 4.93. The first kappa shape index (κ1) is 76.8. The Morgan fingerprint density at radius 3 is 1.08 bits per heavy atom. The zero-order valence-corrected chi connectivity index (χ0v) is 72.1. The highest BCUT2D eigenvalue weighted by molar-refractivity contribution is 6.19. The van der Waals surface area contributed by atoms with Crippen LogP contribution >= 0.6 is 0 Å². The van der Waals surface area contributed by atoms with Crippen LogP contribution in [0.5, 0.6) is 0 Å². The summed E-state index contributed by atoms with van der Waals surface area (Å²) in [5.41, 5.74) is 38.2. The van der Waals surface area contributed by atoms with Gasteiger partial charge in [-0.3, -0.25) is 0 Å². The van der Waals surface area contributed by atoms with Crippen LogP contribution in [0.1, 0.15) is 0 Å². The van der Waals surface area contributed by atoms with Crippen molar-refractivity contribution >= 4 is 121 Å². The molecule has 0 saturated carbocycles. The molecule has 0 bridgehead atoms. The molecule has 4 heterocycles. The van der Waals surface area contributed by atoms with E-state index in [1.165, 1.54) is 32.6 Å². The Balaban J connectivity index is 0.643. The van der Waals surface area contributed by atoms with E-state index < -0.39 is 0 Å². The van der Waals surface area contributed by atoms with Crippen LogP contribution in [-0.4, -0.2) is 13.7 Å². The third kappa shape index (κ3) is 13.1. The van der Waals surface area contributed by atoms with Crippen LogP contribution in [0.4, 0.5) is 34.1 Å². The van der Waals surface area contributed by atoms with Gasteiger partial charge in [0.05, 0.1) is 44.5 Å². The maximum absolute atomic E-state index is 6.77. The van der Waals surface area contributed by atoms with Gasteiger partial charge in [0, 0.05) is 106 Å². The molecule has 0 aliphatic rings. The summed E-state index contributed by atoms with van der Waals surface area (Å²) in [6.45, 7) is 0. The standard InChI is InChI=1S/C126H83N5O/c1-7-34-85(35-8-1)99-46-19-21-51-108(99)123-101(87-38-11-3-12-39-87)54-32-61-118(123)127(94-72-66-89(67-73-94)103-56-31-57-110-104-48-23-28-59-115(104)131(126(103)110)93-44-17-6-18-45-93)97-77-79-117-113(82-97)105-49-24-27-58-114(105)129(117)96-70-64-84(65-71-96)91-80-112(125-111-53-25-29-60-116(111)130(120(125)81-91)92-42-15-5-16-43-92)90-68-74-95(75-69-90)128(98-76-78-107-106-50-26-30-63-121(106)132-122(107)83-98)119-62-33-55-102(88-40-13-4-14-41-88)124(119)109-52-22-20-47-100(109)86-36-9-2-10-37-86/h1-83H. The fraction of sp³-hybridized carbons (Fsp3) is 0. The predicted molar refractivity (Wildman–Crippen MR) is 555 cm³/mol. The van der Waals surface area contributed by atoms with Gasteiger partial charge >= 0.3 is 0 Å². The van der Waals surface area contributed by atoms with Gasteiger partial charge in [-0.1, -0.05) is 358 Å². The Morgan fingerprint density at radius 1 is 0.167 bits per heavy atom. The molecule has 0 aliphatic carbocycles. The highest BCUT2D eigenvalue weighted by atomic mass is 16.3. The van der Waals surface area contributed by atoms with Gasteiger partial charge in [-0.05, 0) is 223 Å². The maximum atomic E-state index is 6.77. The smallest absolute Gasteiger partial charge is 0.137 e. The van der Waals surface area contributed by atoms with Gasteiger partial charge < -0.3 is 27.9 Å². The van der Waals surface area contributed by atoms with Crippen LogP contribution in [-0.2, 0) is 0 Å². The van der Waals surface area contributed by atoms with Gasteiger partial charge in [0.25, 0.3) is 0 Å². The second kappa shape index (κ2) is 32.4. The first-order valence-electron chi connectivity index (χ1n) is 45.3. The molecule has 6 heteroatoms. The van der Waals surface area contributed by atoms with Crippen LogP contribution in [0.3, 0.4) is 0 Å². The summed E-state index contributed by atoms with van der Waals surface area (Å²) in [5, 5.41) is 9.25. The minimum absolute atomic E-state index is 0.821. The van der Waals surface area contributed by atoms with Gasteiger partial charge in [-0.2, -0.15) is 0 Å². The van der Waals surface area contributed by atoms with E-state index in [1.54, 1.807) is 0 Å². The average molecular weight is 1680 g/mol. The molecule has 25 aromatic rings. The summed E-state index contributed by atoms with van der Waals surface area (Å²) in [7, 11) is 0. The Hall–Kier alpha value is -17.6. The molecule has 0 saturated heterocycles. The topological polar surface area (TPSA) is 34.4 Å². The predicted octanol–water partition coefficient (Wildman–Crippen LogP) is 34.8. The quantitative estimate of drug-likeness (QED) is 0.0859. The minimum atomic E-state index is 0.821. The Bertz CT molecular complexity index is 8720. The molecule has 25 rings (SSSR count). The molecular weight excluding hydrogens is 1600 g/mol. The number of hydrogen-bond acceptors (Lipinski definition) is 3. The normalized spacial score (nSPS) is 11.6. The van der Waals surface area contributed by atoms with Crippen LogP contribution in [0.2, 0.25) is 0 Å². The van der Waals surface area contributed by atoms with Gasteiger partial charge in [-0.25, -0.2) is 0 Å². The third-order valence-corrected chi connectivity index (χ3v) is 26.7. The van der Waals surface area contributed by atoms with E-state index in [4.69, 9.17) is 4.42 Å². The number of rotatable bonds is 18. The Kier molecular flexibility index (Phi) is 18.8. The van der Waals surface area contributed by atoms with Crippen molar-refractivity contribution in [2.75, 3.05) is 9.80 Å². The maximum Gasteiger partial charge on any atom is 0.137 e. The lowest BCUT2D eigenvalue weighted by Crippen LogP contribution is -2.12. The molecule has 0 spiro atoms.